The summed E-state index contributed by atoms with van der Waals surface area (Å²) in [4.78, 5) is 14.1. The van der Waals surface area contributed by atoms with Gasteiger partial charge in [-0.15, -0.1) is 0 Å². The predicted molar refractivity (Wildman–Crippen MR) is 71.4 cm³/mol. The normalized spacial score (nSPS) is 18.9. The Morgan fingerprint density at radius 1 is 1.41 bits per heavy atom. The van der Waals surface area contributed by atoms with E-state index in [2.05, 4.69) is 32.0 Å². The van der Waals surface area contributed by atoms with Crippen LogP contribution in [0.25, 0.3) is 0 Å². The van der Waals surface area contributed by atoms with Crippen molar-refractivity contribution in [2.24, 2.45) is 0 Å². The maximum absolute atomic E-state index is 12.2. The third-order valence-electron chi connectivity index (χ3n) is 3.59. The van der Waals surface area contributed by atoms with E-state index in [1.807, 2.05) is 11.0 Å². The van der Waals surface area contributed by atoms with E-state index in [0.717, 1.165) is 31.5 Å². The standard InChI is InChI=1S/C15H21NO/c1-3-4-9-15(17)16-11-10-12(2)13-7-5-6-8-14(13)16/h5-8,12H,3-4,9-11H2,1-2H3. The Balaban J connectivity index is 2.21. The average Bonchev–Trinajstić information content (AvgIpc) is 2.37. The summed E-state index contributed by atoms with van der Waals surface area (Å²) in [5, 5.41) is 0. The molecule has 1 aromatic carbocycles. The Morgan fingerprint density at radius 3 is 2.94 bits per heavy atom. The fraction of sp³-hybridized carbons (Fsp3) is 0.533. The van der Waals surface area contributed by atoms with Gasteiger partial charge < -0.3 is 4.90 Å². The minimum atomic E-state index is 0.284. The van der Waals surface area contributed by atoms with Crippen molar-refractivity contribution < 1.29 is 4.79 Å². The highest BCUT2D eigenvalue weighted by atomic mass is 16.2. The average molecular weight is 231 g/mol. The van der Waals surface area contributed by atoms with E-state index in [0.29, 0.717) is 12.3 Å². The van der Waals surface area contributed by atoms with E-state index in [1.165, 1.54) is 5.56 Å². The van der Waals surface area contributed by atoms with Crippen LogP contribution >= 0.6 is 0 Å². The number of anilines is 1. The second-order valence-corrected chi connectivity index (χ2v) is 4.90. The number of hydrogen-bond donors (Lipinski definition) is 0. The molecule has 0 bridgehead atoms. The van der Waals surface area contributed by atoms with Crippen molar-refractivity contribution in [3.05, 3.63) is 29.8 Å². The van der Waals surface area contributed by atoms with Crippen molar-refractivity contribution in [3.8, 4) is 0 Å². The number of carbonyl (C=O) groups is 1. The van der Waals surface area contributed by atoms with Gasteiger partial charge in [0.1, 0.15) is 0 Å². The largest absolute Gasteiger partial charge is 0.312 e. The summed E-state index contributed by atoms with van der Waals surface area (Å²) in [6.45, 7) is 5.24. The Kier molecular flexibility index (Phi) is 3.82. The second-order valence-electron chi connectivity index (χ2n) is 4.90. The van der Waals surface area contributed by atoms with Crippen LogP contribution in [0.2, 0.25) is 0 Å². The van der Waals surface area contributed by atoms with Crippen LogP contribution < -0.4 is 4.90 Å². The van der Waals surface area contributed by atoms with Gasteiger partial charge in [-0.25, -0.2) is 0 Å². The van der Waals surface area contributed by atoms with E-state index >= 15 is 0 Å². The lowest BCUT2D eigenvalue weighted by atomic mass is 9.91. The van der Waals surface area contributed by atoms with Gasteiger partial charge in [0, 0.05) is 18.7 Å². The predicted octanol–water partition coefficient (Wildman–Crippen LogP) is 3.72. The number of nitrogens with zero attached hydrogens (tertiary/aromatic N) is 1. The molecular weight excluding hydrogens is 210 g/mol. The van der Waals surface area contributed by atoms with Gasteiger partial charge in [-0.05, 0) is 30.4 Å². The Morgan fingerprint density at radius 2 is 2.18 bits per heavy atom. The first kappa shape index (κ1) is 12.2. The molecule has 1 aliphatic heterocycles. The minimum Gasteiger partial charge on any atom is -0.312 e. The zero-order valence-corrected chi connectivity index (χ0v) is 10.8. The maximum atomic E-state index is 12.2. The molecule has 1 unspecified atom stereocenters. The fourth-order valence-corrected chi connectivity index (χ4v) is 2.47. The van der Waals surface area contributed by atoms with Crippen molar-refractivity contribution in [2.75, 3.05) is 11.4 Å². The van der Waals surface area contributed by atoms with E-state index in [1.54, 1.807) is 0 Å². The molecule has 0 spiro atoms. The Bertz CT molecular complexity index is 400. The highest BCUT2D eigenvalue weighted by Crippen LogP contribution is 2.34. The SMILES string of the molecule is CCCCC(=O)N1CCC(C)c2ccccc21. The molecule has 0 aromatic heterocycles. The summed E-state index contributed by atoms with van der Waals surface area (Å²) in [7, 11) is 0. The van der Waals surface area contributed by atoms with Crippen molar-refractivity contribution in [1.82, 2.24) is 0 Å². The lowest BCUT2D eigenvalue weighted by Crippen LogP contribution is -2.36. The van der Waals surface area contributed by atoms with Crippen LogP contribution in [0.15, 0.2) is 24.3 Å². The molecule has 0 saturated heterocycles. The molecule has 1 atom stereocenters. The Hall–Kier alpha value is -1.31. The quantitative estimate of drug-likeness (QED) is 0.776. The van der Waals surface area contributed by atoms with Crippen molar-refractivity contribution in [2.45, 2.75) is 45.4 Å². The first-order valence-electron chi connectivity index (χ1n) is 6.63. The monoisotopic (exact) mass is 231 g/mol. The molecule has 1 aromatic rings. The summed E-state index contributed by atoms with van der Waals surface area (Å²) in [5.74, 6) is 0.854. The molecule has 0 N–H and O–H groups in total. The molecule has 0 radical (unpaired) electrons. The molecule has 1 amide bonds. The first-order chi connectivity index (χ1) is 8.24. The lowest BCUT2D eigenvalue weighted by Gasteiger charge is -2.33. The van der Waals surface area contributed by atoms with E-state index in [9.17, 15) is 4.79 Å². The zero-order valence-electron chi connectivity index (χ0n) is 10.8. The molecule has 0 aliphatic carbocycles. The summed E-state index contributed by atoms with van der Waals surface area (Å²) >= 11 is 0. The first-order valence-corrected chi connectivity index (χ1v) is 6.63. The van der Waals surface area contributed by atoms with Crippen molar-refractivity contribution in [3.63, 3.8) is 0 Å². The number of para-hydroxylation sites is 1. The topological polar surface area (TPSA) is 20.3 Å². The van der Waals surface area contributed by atoms with E-state index < -0.39 is 0 Å². The molecule has 17 heavy (non-hydrogen) atoms. The van der Waals surface area contributed by atoms with Crippen LogP contribution in [0, 0.1) is 0 Å². The van der Waals surface area contributed by atoms with Crippen LogP contribution in [0.3, 0.4) is 0 Å². The molecule has 1 aliphatic rings. The number of amides is 1. The third kappa shape index (κ3) is 2.51. The number of hydrogen-bond acceptors (Lipinski definition) is 1. The van der Waals surface area contributed by atoms with Crippen LogP contribution in [0.1, 0.15) is 51.0 Å². The van der Waals surface area contributed by atoms with Gasteiger partial charge in [0.15, 0.2) is 0 Å². The summed E-state index contributed by atoms with van der Waals surface area (Å²) < 4.78 is 0. The fourth-order valence-electron chi connectivity index (χ4n) is 2.47. The van der Waals surface area contributed by atoms with Crippen molar-refractivity contribution >= 4 is 11.6 Å². The molecule has 1 heterocycles. The zero-order chi connectivity index (χ0) is 12.3. The van der Waals surface area contributed by atoms with Gasteiger partial charge in [0.25, 0.3) is 0 Å². The molecule has 2 heteroatoms. The number of fused-ring (bicyclic) bond motifs is 1. The number of carbonyl (C=O) groups excluding carboxylic acids is 1. The van der Waals surface area contributed by atoms with Gasteiger partial charge in [0.05, 0.1) is 0 Å². The van der Waals surface area contributed by atoms with E-state index in [-0.39, 0.29) is 5.91 Å². The summed E-state index contributed by atoms with van der Waals surface area (Å²) in [6.07, 6.45) is 3.83. The van der Waals surface area contributed by atoms with Gasteiger partial charge in [0.2, 0.25) is 5.91 Å². The number of unbranched alkanes of at least 4 members (excludes halogenated alkanes) is 1. The number of benzene rings is 1. The molecule has 2 rings (SSSR count). The van der Waals surface area contributed by atoms with Gasteiger partial charge in [-0.1, -0.05) is 38.5 Å². The molecule has 2 nitrogen and oxygen atoms in total. The molecule has 0 saturated carbocycles. The van der Waals surface area contributed by atoms with Crippen LogP contribution in [-0.2, 0) is 4.79 Å². The van der Waals surface area contributed by atoms with Crippen LogP contribution in [0.5, 0.6) is 0 Å². The minimum absolute atomic E-state index is 0.284. The lowest BCUT2D eigenvalue weighted by molar-refractivity contribution is -0.118. The smallest absolute Gasteiger partial charge is 0.226 e. The summed E-state index contributed by atoms with van der Waals surface area (Å²) in [6, 6.07) is 8.32. The molecule has 0 fully saturated rings. The Labute approximate surface area is 104 Å². The maximum Gasteiger partial charge on any atom is 0.226 e. The van der Waals surface area contributed by atoms with Gasteiger partial charge >= 0.3 is 0 Å². The van der Waals surface area contributed by atoms with Gasteiger partial charge in [-0.2, -0.15) is 0 Å². The molecule has 92 valence electrons. The highest BCUT2D eigenvalue weighted by molar-refractivity contribution is 5.94. The number of rotatable bonds is 3. The van der Waals surface area contributed by atoms with E-state index in [4.69, 9.17) is 0 Å². The highest BCUT2D eigenvalue weighted by Gasteiger charge is 2.25. The van der Waals surface area contributed by atoms with Crippen molar-refractivity contribution in [1.29, 1.82) is 0 Å². The second kappa shape index (κ2) is 5.35. The van der Waals surface area contributed by atoms with Crippen LogP contribution in [0.4, 0.5) is 5.69 Å². The van der Waals surface area contributed by atoms with Crippen LogP contribution in [-0.4, -0.2) is 12.5 Å². The summed E-state index contributed by atoms with van der Waals surface area (Å²) in [5.41, 5.74) is 2.45. The third-order valence-corrected chi connectivity index (χ3v) is 3.59. The molecular formula is C15H21NO. The van der Waals surface area contributed by atoms with Gasteiger partial charge in [-0.3, -0.25) is 4.79 Å².